The van der Waals surface area contributed by atoms with Gasteiger partial charge in [0.1, 0.15) is 24.5 Å². The van der Waals surface area contributed by atoms with Crippen LogP contribution >= 0.6 is 0 Å². The van der Waals surface area contributed by atoms with E-state index in [4.69, 9.17) is 23.9 Å². The van der Waals surface area contributed by atoms with Crippen molar-refractivity contribution in [2.45, 2.75) is 19.7 Å². The second-order valence-electron chi connectivity index (χ2n) is 6.68. The molecular weight excluding hydrogens is 445 g/mol. The molecule has 0 spiro atoms. The van der Waals surface area contributed by atoms with Crippen LogP contribution in [0.3, 0.4) is 0 Å². The lowest BCUT2D eigenvalue weighted by molar-refractivity contribution is -0.176. The summed E-state index contributed by atoms with van der Waals surface area (Å²) in [6.45, 7) is 0.603. The van der Waals surface area contributed by atoms with Gasteiger partial charge < -0.3 is 19.2 Å². The number of carbonyl (C=O) groups excluding carboxylic acids is 2. The summed E-state index contributed by atoms with van der Waals surface area (Å²) < 4.78 is 53.0. The lowest BCUT2D eigenvalue weighted by Crippen LogP contribution is -2.28. The first kappa shape index (κ1) is 25.7. The molecule has 0 radical (unpaired) electrons. The van der Waals surface area contributed by atoms with Crippen molar-refractivity contribution in [3.8, 4) is 5.75 Å². The van der Waals surface area contributed by atoms with E-state index < -0.39 is 18.7 Å². The SMILES string of the molecule is Cc1ccc(OCCNC(=O)c2oc3ccccc3c2COCC(F)(F)F)cc1.O=CNO. The van der Waals surface area contributed by atoms with Crippen LogP contribution in [-0.4, -0.2) is 43.5 Å². The Balaban J connectivity index is 0.000000890. The molecule has 2 aromatic carbocycles. The second-order valence-corrected chi connectivity index (χ2v) is 6.68. The highest BCUT2D eigenvalue weighted by Gasteiger charge is 2.28. The number of rotatable bonds is 9. The molecule has 11 heteroatoms. The van der Waals surface area contributed by atoms with E-state index in [-0.39, 0.29) is 37.5 Å². The van der Waals surface area contributed by atoms with E-state index in [1.54, 1.807) is 24.3 Å². The number of furan rings is 1. The minimum Gasteiger partial charge on any atom is -0.492 e. The number of hydrogen-bond donors (Lipinski definition) is 3. The van der Waals surface area contributed by atoms with Crippen LogP contribution < -0.4 is 15.5 Å². The number of fused-ring (bicyclic) bond motifs is 1. The Morgan fingerprint density at radius 3 is 2.45 bits per heavy atom. The molecule has 0 aliphatic rings. The highest BCUT2D eigenvalue weighted by atomic mass is 19.4. The van der Waals surface area contributed by atoms with Crippen LogP contribution in [0.2, 0.25) is 0 Å². The average Bonchev–Trinajstić information content (AvgIpc) is 3.16. The van der Waals surface area contributed by atoms with Gasteiger partial charge in [-0.25, -0.2) is 5.48 Å². The number of hydroxylamine groups is 1. The van der Waals surface area contributed by atoms with Gasteiger partial charge in [0.05, 0.1) is 13.2 Å². The lowest BCUT2D eigenvalue weighted by Gasteiger charge is -2.09. The summed E-state index contributed by atoms with van der Waals surface area (Å²) in [4.78, 5) is 21.3. The number of para-hydroxylation sites is 1. The maximum atomic E-state index is 12.5. The van der Waals surface area contributed by atoms with Crippen LogP contribution in [0, 0.1) is 6.92 Å². The van der Waals surface area contributed by atoms with Crippen molar-refractivity contribution in [3.63, 3.8) is 0 Å². The molecule has 0 saturated carbocycles. The summed E-state index contributed by atoms with van der Waals surface area (Å²) in [5.74, 6) is 0.0675. The van der Waals surface area contributed by atoms with Crippen molar-refractivity contribution < 1.29 is 41.9 Å². The molecular formula is C22H23F3N2O6. The highest BCUT2D eigenvalue weighted by molar-refractivity contribution is 5.99. The van der Waals surface area contributed by atoms with E-state index in [2.05, 4.69) is 5.32 Å². The molecule has 0 saturated heterocycles. The van der Waals surface area contributed by atoms with Gasteiger partial charge in [-0.1, -0.05) is 35.9 Å². The van der Waals surface area contributed by atoms with Crippen LogP contribution in [0.15, 0.2) is 52.9 Å². The Bertz CT molecular complexity index is 1030. The number of alkyl halides is 3. The molecule has 1 aromatic heterocycles. The van der Waals surface area contributed by atoms with Crippen molar-refractivity contribution in [1.82, 2.24) is 10.8 Å². The molecule has 33 heavy (non-hydrogen) atoms. The molecule has 3 rings (SSSR count). The molecule has 0 atom stereocenters. The van der Waals surface area contributed by atoms with E-state index in [1.165, 1.54) is 5.48 Å². The molecule has 8 nitrogen and oxygen atoms in total. The van der Waals surface area contributed by atoms with E-state index in [9.17, 15) is 18.0 Å². The van der Waals surface area contributed by atoms with Crippen LogP contribution in [-0.2, 0) is 16.1 Å². The molecule has 2 amide bonds. The van der Waals surface area contributed by atoms with Gasteiger partial charge in [0.25, 0.3) is 5.91 Å². The molecule has 3 aromatic rings. The second kappa shape index (κ2) is 12.5. The summed E-state index contributed by atoms with van der Waals surface area (Å²) in [6.07, 6.45) is -4.27. The maximum Gasteiger partial charge on any atom is 0.411 e. The van der Waals surface area contributed by atoms with Crippen molar-refractivity contribution in [2.24, 2.45) is 0 Å². The fraction of sp³-hybridized carbons (Fsp3) is 0.273. The molecule has 3 N–H and O–H groups in total. The standard InChI is InChI=1S/C21H20F3NO4.CH3NO2/c1-14-6-8-15(9-7-14)28-11-10-25-20(26)19-17(12-27-13-21(22,23)24)16-4-2-3-5-18(16)29-19;3-1-2-4/h2-9H,10-13H2,1H3,(H,25,26);1,4H,(H,2,3). The van der Waals surface area contributed by atoms with Crippen molar-refractivity contribution >= 4 is 23.3 Å². The van der Waals surface area contributed by atoms with E-state index >= 15 is 0 Å². The highest BCUT2D eigenvalue weighted by Crippen LogP contribution is 2.27. The number of nitrogens with one attached hydrogen (secondary N) is 2. The summed E-state index contributed by atoms with van der Waals surface area (Å²) in [5, 5.41) is 10.4. The average molecular weight is 468 g/mol. The fourth-order valence-electron chi connectivity index (χ4n) is 2.74. The number of aryl methyl sites for hydroxylation is 1. The maximum absolute atomic E-state index is 12.5. The Labute approximate surface area is 187 Å². The van der Waals surface area contributed by atoms with Crippen LogP contribution in [0.4, 0.5) is 13.2 Å². The predicted molar refractivity (Wildman–Crippen MR) is 112 cm³/mol. The number of hydrogen-bond acceptors (Lipinski definition) is 6. The third-order valence-corrected chi connectivity index (χ3v) is 4.15. The molecule has 178 valence electrons. The largest absolute Gasteiger partial charge is 0.492 e. The summed E-state index contributed by atoms with van der Waals surface area (Å²) in [5.41, 5.74) is 3.04. The van der Waals surface area contributed by atoms with Crippen LogP contribution in [0.25, 0.3) is 11.0 Å². The number of carbonyl (C=O) groups is 2. The minimum atomic E-state index is -4.45. The van der Waals surface area contributed by atoms with Crippen LogP contribution in [0.5, 0.6) is 5.75 Å². The molecule has 0 aliphatic carbocycles. The zero-order chi connectivity index (χ0) is 24.3. The number of amides is 2. The predicted octanol–water partition coefficient (Wildman–Crippen LogP) is 3.75. The van der Waals surface area contributed by atoms with Crippen LogP contribution in [0.1, 0.15) is 21.7 Å². The van der Waals surface area contributed by atoms with Gasteiger partial charge in [0.15, 0.2) is 5.76 Å². The number of benzene rings is 2. The Kier molecular flexibility index (Phi) is 9.70. The topological polar surface area (TPSA) is 110 Å². The first-order chi connectivity index (χ1) is 15.7. The van der Waals surface area contributed by atoms with Crippen molar-refractivity contribution in [3.05, 3.63) is 65.4 Å². The summed E-state index contributed by atoms with van der Waals surface area (Å²) in [6, 6.07) is 14.2. The number of ether oxygens (including phenoxy) is 2. The zero-order valence-corrected chi connectivity index (χ0v) is 17.6. The molecule has 1 heterocycles. The Morgan fingerprint density at radius 2 is 1.82 bits per heavy atom. The van der Waals surface area contributed by atoms with Crippen molar-refractivity contribution in [2.75, 3.05) is 19.8 Å². The zero-order valence-electron chi connectivity index (χ0n) is 17.6. The Morgan fingerprint density at radius 1 is 1.15 bits per heavy atom. The van der Waals surface area contributed by atoms with Gasteiger partial charge in [-0.15, -0.1) is 0 Å². The summed E-state index contributed by atoms with van der Waals surface area (Å²) in [7, 11) is 0. The minimum absolute atomic E-state index is 0.0660. The van der Waals surface area contributed by atoms with Gasteiger partial charge in [-0.05, 0) is 25.1 Å². The number of halogens is 3. The van der Waals surface area contributed by atoms with E-state index in [1.807, 2.05) is 31.2 Å². The normalized spacial score (nSPS) is 10.8. The quantitative estimate of drug-likeness (QED) is 0.191. The monoisotopic (exact) mass is 468 g/mol. The van der Waals surface area contributed by atoms with E-state index in [0.717, 1.165) is 5.56 Å². The van der Waals surface area contributed by atoms with Gasteiger partial charge in [-0.3, -0.25) is 14.8 Å². The first-order valence-electron chi connectivity index (χ1n) is 9.71. The first-order valence-corrected chi connectivity index (χ1v) is 9.71. The van der Waals surface area contributed by atoms with Gasteiger partial charge >= 0.3 is 6.18 Å². The molecule has 0 aliphatic heterocycles. The smallest absolute Gasteiger partial charge is 0.411 e. The van der Waals surface area contributed by atoms with Gasteiger partial charge in [0.2, 0.25) is 6.41 Å². The third-order valence-electron chi connectivity index (χ3n) is 4.15. The third kappa shape index (κ3) is 8.47. The molecule has 0 fully saturated rings. The lowest BCUT2D eigenvalue weighted by atomic mass is 10.1. The van der Waals surface area contributed by atoms with Gasteiger partial charge in [0, 0.05) is 10.9 Å². The fourth-order valence-corrected chi connectivity index (χ4v) is 2.74. The molecule has 0 bridgehead atoms. The van der Waals surface area contributed by atoms with Gasteiger partial charge in [-0.2, -0.15) is 13.2 Å². The van der Waals surface area contributed by atoms with E-state index in [0.29, 0.717) is 16.7 Å². The van der Waals surface area contributed by atoms with Crippen molar-refractivity contribution in [1.29, 1.82) is 0 Å². The Hall–Kier alpha value is -3.57. The summed E-state index contributed by atoms with van der Waals surface area (Å²) >= 11 is 0. The molecule has 0 unspecified atom stereocenters.